The zero-order valence-corrected chi connectivity index (χ0v) is 14.3. The first-order valence-electron chi connectivity index (χ1n) is 8.53. The second-order valence-electron chi connectivity index (χ2n) is 6.34. The highest BCUT2D eigenvalue weighted by molar-refractivity contribution is 5.86. The lowest BCUT2D eigenvalue weighted by molar-refractivity contribution is -0.128. The van der Waals surface area contributed by atoms with Crippen LogP contribution in [0.4, 0.5) is 5.82 Å². The van der Waals surface area contributed by atoms with Crippen molar-refractivity contribution in [3.8, 4) is 0 Å². The molecular weight excluding hydrogens is 300 g/mol. The molecule has 2 heterocycles. The van der Waals surface area contributed by atoms with E-state index >= 15 is 0 Å². The van der Waals surface area contributed by atoms with E-state index in [0.29, 0.717) is 0 Å². The van der Waals surface area contributed by atoms with Crippen LogP contribution in [0.5, 0.6) is 0 Å². The number of aromatic nitrogens is 2. The lowest BCUT2D eigenvalue weighted by Crippen LogP contribution is -2.34. The molecule has 1 aromatic carbocycles. The molecule has 5 nitrogen and oxygen atoms in total. The lowest BCUT2D eigenvalue weighted by atomic mass is 10.1. The zero-order valence-electron chi connectivity index (χ0n) is 14.3. The third-order valence-electron chi connectivity index (χ3n) is 4.32. The molecule has 5 heteroatoms. The normalized spacial score (nSPS) is 17.3. The molecule has 1 aromatic heterocycles. The van der Waals surface area contributed by atoms with Crippen LogP contribution in [0.15, 0.2) is 36.4 Å². The highest BCUT2D eigenvalue weighted by Crippen LogP contribution is 2.17. The number of likely N-dealkylation sites (tertiary alicyclic amines) is 1. The topological polar surface area (TPSA) is 58.1 Å². The summed E-state index contributed by atoms with van der Waals surface area (Å²) in [5.41, 5.74) is 2.24. The predicted molar refractivity (Wildman–Crippen MR) is 94.9 cm³/mol. The first-order chi connectivity index (χ1) is 11.6. The Kier molecular flexibility index (Phi) is 5.08. The molecule has 1 N–H and O–H groups in total. The number of amides is 1. The van der Waals surface area contributed by atoms with Gasteiger partial charge in [-0.25, -0.2) is 9.97 Å². The Morgan fingerprint density at radius 3 is 2.75 bits per heavy atom. The Bertz CT molecular complexity index is 682. The zero-order chi connectivity index (χ0) is 16.9. The number of anilines is 1. The number of nitrogens with one attached hydrogen (secondary N) is 1. The molecule has 1 aliphatic heterocycles. The third kappa shape index (κ3) is 4.10. The summed E-state index contributed by atoms with van der Waals surface area (Å²) in [6, 6.07) is 12.1. The Labute approximate surface area is 143 Å². The molecule has 0 aliphatic carbocycles. The summed E-state index contributed by atoms with van der Waals surface area (Å²) in [6.45, 7) is 5.43. The number of nitrogens with zero attached hydrogens (tertiary/aromatic N) is 3. The Morgan fingerprint density at radius 1 is 1.21 bits per heavy atom. The minimum absolute atomic E-state index is 0.171. The monoisotopic (exact) mass is 324 g/mol. The van der Waals surface area contributed by atoms with Crippen molar-refractivity contribution in [2.24, 2.45) is 0 Å². The summed E-state index contributed by atoms with van der Waals surface area (Å²) in [4.78, 5) is 23.1. The maximum absolute atomic E-state index is 12.5. The largest absolute Gasteiger partial charge is 0.358 e. The van der Waals surface area contributed by atoms with Crippen LogP contribution >= 0.6 is 0 Å². The second-order valence-corrected chi connectivity index (χ2v) is 6.34. The fraction of sp³-hybridized carbons (Fsp3) is 0.421. The number of hydrogen-bond donors (Lipinski definition) is 1. The maximum Gasteiger partial charge on any atom is 0.245 e. The fourth-order valence-electron chi connectivity index (χ4n) is 3.18. The standard InChI is InChI=1S/C19H24N4O/c1-14-13-18(21-15(2)20-14)22-17-10-12-23(19(17)24)11-6-9-16-7-4-3-5-8-16/h3-5,7-8,13,17H,6,9-12H2,1-2H3,(H,20,21,22). The quantitative estimate of drug-likeness (QED) is 0.887. The van der Waals surface area contributed by atoms with Gasteiger partial charge in [0.25, 0.3) is 0 Å². The van der Waals surface area contributed by atoms with E-state index in [1.54, 1.807) is 0 Å². The molecule has 0 saturated carbocycles. The number of carbonyl (C=O) groups excluding carboxylic acids is 1. The van der Waals surface area contributed by atoms with Crippen molar-refractivity contribution in [1.82, 2.24) is 14.9 Å². The van der Waals surface area contributed by atoms with Crippen LogP contribution in [0.3, 0.4) is 0 Å². The lowest BCUT2D eigenvalue weighted by Gasteiger charge is -2.17. The number of rotatable bonds is 6. The number of aryl methyl sites for hydroxylation is 3. The van der Waals surface area contributed by atoms with Crippen molar-refractivity contribution in [1.29, 1.82) is 0 Å². The van der Waals surface area contributed by atoms with Gasteiger partial charge in [-0.15, -0.1) is 0 Å². The van der Waals surface area contributed by atoms with E-state index in [1.807, 2.05) is 30.9 Å². The smallest absolute Gasteiger partial charge is 0.245 e. The molecule has 0 spiro atoms. The highest BCUT2D eigenvalue weighted by atomic mass is 16.2. The molecule has 0 radical (unpaired) electrons. The van der Waals surface area contributed by atoms with Crippen LogP contribution in [0.25, 0.3) is 0 Å². The van der Waals surface area contributed by atoms with Crippen molar-refractivity contribution in [2.45, 2.75) is 39.2 Å². The Morgan fingerprint density at radius 2 is 2.00 bits per heavy atom. The van der Waals surface area contributed by atoms with E-state index in [0.717, 1.165) is 49.7 Å². The minimum atomic E-state index is -0.171. The number of carbonyl (C=O) groups is 1. The van der Waals surface area contributed by atoms with Gasteiger partial charge in [0, 0.05) is 24.8 Å². The van der Waals surface area contributed by atoms with Gasteiger partial charge in [0.2, 0.25) is 5.91 Å². The first kappa shape index (κ1) is 16.4. The van der Waals surface area contributed by atoms with Crippen molar-refractivity contribution in [3.05, 3.63) is 53.5 Å². The molecule has 1 unspecified atom stereocenters. The van der Waals surface area contributed by atoms with Crippen LogP contribution in [0.2, 0.25) is 0 Å². The van der Waals surface area contributed by atoms with E-state index in [4.69, 9.17) is 0 Å². The van der Waals surface area contributed by atoms with E-state index in [-0.39, 0.29) is 11.9 Å². The van der Waals surface area contributed by atoms with Gasteiger partial charge in [-0.3, -0.25) is 4.79 Å². The summed E-state index contributed by atoms with van der Waals surface area (Å²) in [6.07, 6.45) is 2.83. The molecule has 24 heavy (non-hydrogen) atoms. The minimum Gasteiger partial charge on any atom is -0.358 e. The van der Waals surface area contributed by atoms with E-state index < -0.39 is 0 Å². The van der Waals surface area contributed by atoms with Gasteiger partial charge in [0.15, 0.2) is 0 Å². The number of hydrogen-bond acceptors (Lipinski definition) is 4. The van der Waals surface area contributed by atoms with E-state index in [1.165, 1.54) is 5.56 Å². The summed E-state index contributed by atoms with van der Waals surface area (Å²) < 4.78 is 0. The molecule has 1 atom stereocenters. The molecule has 2 aromatic rings. The molecule has 126 valence electrons. The molecule has 0 bridgehead atoms. The van der Waals surface area contributed by atoms with E-state index in [9.17, 15) is 4.79 Å². The van der Waals surface area contributed by atoms with Crippen molar-refractivity contribution >= 4 is 11.7 Å². The van der Waals surface area contributed by atoms with Gasteiger partial charge >= 0.3 is 0 Å². The molecule has 1 fully saturated rings. The first-order valence-corrected chi connectivity index (χ1v) is 8.53. The third-order valence-corrected chi connectivity index (χ3v) is 4.32. The maximum atomic E-state index is 12.5. The molecule has 3 rings (SSSR count). The van der Waals surface area contributed by atoms with Gasteiger partial charge in [-0.1, -0.05) is 30.3 Å². The molecule has 1 saturated heterocycles. The second kappa shape index (κ2) is 7.43. The predicted octanol–water partition coefficient (Wildman–Crippen LogP) is 2.74. The van der Waals surface area contributed by atoms with Gasteiger partial charge in [0.05, 0.1) is 0 Å². The molecule has 1 amide bonds. The van der Waals surface area contributed by atoms with E-state index in [2.05, 4.69) is 39.6 Å². The number of benzene rings is 1. The van der Waals surface area contributed by atoms with Gasteiger partial charge in [0.1, 0.15) is 17.7 Å². The summed E-state index contributed by atoms with van der Waals surface area (Å²) >= 11 is 0. The van der Waals surface area contributed by atoms with Crippen LogP contribution in [-0.4, -0.2) is 39.9 Å². The Balaban J connectivity index is 1.51. The molecular formula is C19H24N4O. The van der Waals surface area contributed by atoms with Crippen LogP contribution in [-0.2, 0) is 11.2 Å². The van der Waals surface area contributed by atoms with Gasteiger partial charge in [-0.2, -0.15) is 0 Å². The summed E-state index contributed by atoms with van der Waals surface area (Å²) in [5, 5.41) is 3.27. The SMILES string of the molecule is Cc1cc(NC2CCN(CCCc3ccccc3)C2=O)nc(C)n1. The van der Waals surface area contributed by atoms with Crippen molar-refractivity contribution in [3.63, 3.8) is 0 Å². The van der Waals surface area contributed by atoms with Crippen LogP contribution in [0, 0.1) is 13.8 Å². The Hall–Kier alpha value is -2.43. The molecule has 1 aliphatic rings. The van der Waals surface area contributed by atoms with Crippen LogP contribution in [0.1, 0.15) is 29.9 Å². The fourth-order valence-corrected chi connectivity index (χ4v) is 3.18. The summed E-state index contributed by atoms with van der Waals surface area (Å²) in [7, 11) is 0. The highest BCUT2D eigenvalue weighted by Gasteiger charge is 2.31. The average molecular weight is 324 g/mol. The van der Waals surface area contributed by atoms with Crippen molar-refractivity contribution < 1.29 is 4.79 Å². The van der Waals surface area contributed by atoms with Crippen LogP contribution < -0.4 is 5.32 Å². The average Bonchev–Trinajstić information content (AvgIpc) is 2.88. The van der Waals surface area contributed by atoms with Gasteiger partial charge in [-0.05, 0) is 38.7 Å². The van der Waals surface area contributed by atoms with Crippen molar-refractivity contribution in [2.75, 3.05) is 18.4 Å². The summed E-state index contributed by atoms with van der Waals surface area (Å²) in [5.74, 6) is 1.64. The van der Waals surface area contributed by atoms with Gasteiger partial charge < -0.3 is 10.2 Å².